The van der Waals surface area contributed by atoms with Crippen molar-refractivity contribution in [3.05, 3.63) is 60.8 Å². The Morgan fingerprint density at radius 1 is 1.25 bits per heavy atom. The van der Waals surface area contributed by atoms with Gasteiger partial charge in [0, 0.05) is 47.1 Å². The molecule has 4 aromatic rings. The van der Waals surface area contributed by atoms with E-state index in [1.54, 1.807) is 16.8 Å². The minimum Gasteiger partial charge on any atom is -0.310 e. The standard InChI is InChI=1S/C23H20F2N6O/c1-3-4-5-15-6-13(2)17(11-26-15)16-7-14-10-27-20(30-22(32)18-9-23(18,24)25)8-19(14)31-21(16)28-12-29-31/h3,6-8,10-12,18H,1,4-5,9H2,2H3,(H,27,30,32). The van der Waals surface area contributed by atoms with Crippen LogP contribution in [0.2, 0.25) is 0 Å². The lowest BCUT2D eigenvalue weighted by Gasteiger charge is -2.12. The highest BCUT2D eigenvalue weighted by Crippen LogP contribution is 2.49. The largest absolute Gasteiger partial charge is 0.310 e. The summed E-state index contributed by atoms with van der Waals surface area (Å²) in [7, 11) is 0. The number of fused-ring (bicyclic) bond motifs is 3. The average molecular weight is 434 g/mol. The van der Waals surface area contributed by atoms with Crippen molar-refractivity contribution in [2.24, 2.45) is 5.92 Å². The van der Waals surface area contributed by atoms with E-state index < -0.39 is 24.2 Å². The van der Waals surface area contributed by atoms with Crippen molar-refractivity contribution in [3.8, 4) is 11.1 Å². The van der Waals surface area contributed by atoms with E-state index in [1.807, 2.05) is 25.3 Å². The van der Waals surface area contributed by atoms with Crippen LogP contribution in [-0.2, 0) is 11.2 Å². The van der Waals surface area contributed by atoms with Gasteiger partial charge in [-0.2, -0.15) is 5.10 Å². The van der Waals surface area contributed by atoms with Crippen molar-refractivity contribution in [1.29, 1.82) is 0 Å². The van der Waals surface area contributed by atoms with Crippen LogP contribution >= 0.6 is 0 Å². The van der Waals surface area contributed by atoms with Crippen LogP contribution in [0.3, 0.4) is 0 Å². The minimum atomic E-state index is -2.93. The number of nitrogens with zero attached hydrogens (tertiary/aromatic N) is 5. The number of carbonyl (C=O) groups is 1. The minimum absolute atomic E-state index is 0.194. The Balaban J connectivity index is 1.54. The van der Waals surface area contributed by atoms with Gasteiger partial charge in [0.25, 0.3) is 5.92 Å². The molecular weight excluding hydrogens is 414 g/mol. The second kappa shape index (κ2) is 7.44. The quantitative estimate of drug-likeness (QED) is 0.456. The Morgan fingerprint density at radius 3 is 2.78 bits per heavy atom. The summed E-state index contributed by atoms with van der Waals surface area (Å²) >= 11 is 0. The molecule has 1 fully saturated rings. The Kier molecular flexibility index (Phi) is 4.69. The molecule has 1 atom stereocenters. The number of rotatable bonds is 6. The smallest absolute Gasteiger partial charge is 0.260 e. The first-order valence-electron chi connectivity index (χ1n) is 10.3. The fourth-order valence-corrected chi connectivity index (χ4v) is 3.83. The first-order valence-corrected chi connectivity index (χ1v) is 10.3. The van der Waals surface area contributed by atoms with E-state index in [0.29, 0.717) is 11.2 Å². The predicted octanol–water partition coefficient (Wildman–Crippen LogP) is 4.36. The number of anilines is 1. The summed E-state index contributed by atoms with van der Waals surface area (Å²) in [5.74, 6) is -4.76. The zero-order valence-electron chi connectivity index (χ0n) is 17.3. The van der Waals surface area contributed by atoms with Gasteiger partial charge >= 0.3 is 0 Å². The second-order valence-electron chi connectivity index (χ2n) is 8.01. The van der Waals surface area contributed by atoms with Crippen molar-refractivity contribution >= 4 is 28.3 Å². The number of amides is 1. The first kappa shape index (κ1) is 20.2. The number of carbonyl (C=O) groups excluding carboxylic acids is 1. The summed E-state index contributed by atoms with van der Waals surface area (Å²) in [5, 5.41) is 7.57. The van der Waals surface area contributed by atoms with Crippen LogP contribution < -0.4 is 5.32 Å². The molecule has 1 aliphatic carbocycles. The third-order valence-corrected chi connectivity index (χ3v) is 5.68. The van der Waals surface area contributed by atoms with E-state index in [0.717, 1.165) is 40.6 Å². The molecule has 1 unspecified atom stereocenters. The normalized spacial score (nSPS) is 16.9. The molecule has 0 spiro atoms. The summed E-state index contributed by atoms with van der Waals surface area (Å²) in [4.78, 5) is 25.3. The lowest BCUT2D eigenvalue weighted by atomic mass is 10.0. The maximum Gasteiger partial charge on any atom is 0.260 e. The van der Waals surface area contributed by atoms with Crippen LogP contribution in [0.25, 0.3) is 27.7 Å². The Morgan fingerprint density at radius 2 is 2.06 bits per heavy atom. The molecule has 162 valence electrons. The van der Waals surface area contributed by atoms with Crippen molar-refractivity contribution in [2.75, 3.05) is 5.32 Å². The van der Waals surface area contributed by atoms with Gasteiger partial charge in [-0.25, -0.2) is 23.3 Å². The molecule has 4 aromatic heterocycles. The zero-order valence-corrected chi connectivity index (χ0v) is 17.3. The molecule has 0 bridgehead atoms. The molecule has 0 aromatic carbocycles. The van der Waals surface area contributed by atoms with Gasteiger partial charge in [-0.1, -0.05) is 6.08 Å². The molecule has 4 heterocycles. The summed E-state index contributed by atoms with van der Waals surface area (Å²) in [6.45, 7) is 5.78. The molecular formula is C23H20F2N6O. The summed E-state index contributed by atoms with van der Waals surface area (Å²) in [6.07, 6.45) is 8.00. The molecule has 0 aliphatic heterocycles. The van der Waals surface area contributed by atoms with Crippen LogP contribution in [0.15, 0.2) is 49.6 Å². The van der Waals surface area contributed by atoms with Crippen LogP contribution in [0.1, 0.15) is 24.1 Å². The van der Waals surface area contributed by atoms with E-state index in [2.05, 4.69) is 38.0 Å². The topological polar surface area (TPSA) is 85.1 Å². The van der Waals surface area contributed by atoms with Crippen LogP contribution in [-0.4, -0.2) is 36.4 Å². The van der Waals surface area contributed by atoms with Crippen LogP contribution in [0, 0.1) is 12.8 Å². The monoisotopic (exact) mass is 434 g/mol. The number of pyridine rings is 3. The van der Waals surface area contributed by atoms with Gasteiger partial charge in [-0.3, -0.25) is 9.78 Å². The van der Waals surface area contributed by atoms with Gasteiger partial charge in [0.05, 0.1) is 5.52 Å². The first-order chi connectivity index (χ1) is 15.4. The van der Waals surface area contributed by atoms with Gasteiger partial charge in [0.2, 0.25) is 5.91 Å². The summed E-state index contributed by atoms with van der Waals surface area (Å²) in [6, 6.07) is 5.61. The highest BCUT2D eigenvalue weighted by molar-refractivity contribution is 5.97. The van der Waals surface area contributed by atoms with Crippen molar-refractivity contribution in [2.45, 2.75) is 32.1 Å². The molecule has 0 saturated heterocycles. The molecule has 5 rings (SSSR count). The highest BCUT2D eigenvalue weighted by Gasteiger charge is 2.61. The van der Waals surface area contributed by atoms with E-state index in [1.165, 1.54) is 6.33 Å². The fourth-order valence-electron chi connectivity index (χ4n) is 3.83. The van der Waals surface area contributed by atoms with Crippen LogP contribution in [0.4, 0.5) is 14.6 Å². The van der Waals surface area contributed by atoms with Gasteiger partial charge in [0.1, 0.15) is 18.1 Å². The average Bonchev–Trinajstić information content (AvgIpc) is 3.17. The summed E-state index contributed by atoms with van der Waals surface area (Å²) in [5.41, 5.74) is 5.12. The molecule has 1 amide bonds. The number of hydrogen-bond donors (Lipinski definition) is 1. The Bertz CT molecular complexity index is 1380. The molecule has 0 radical (unpaired) electrons. The molecule has 7 nitrogen and oxygen atoms in total. The number of alkyl halides is 2. The lowest BCUT2D eigenvalue weighted by molar-refractivity contribution is -0.119. The highest BCUT2D eigenvalue weighted by atomic mass is 19.3. The van der Waals surface area contributed by atoms with E-state index >= 15 is 0 Å². The maximum absolute atomic E-state index is 13.2. The number of allylic oxidation sites excluding steroid dienone is 1. The van der Waals surface area contributed by atoms with E-state index in [9.17, 15) is 13.6 Å². The zero-order chi connectivity index (χ0) is 22.5. The third-order valence-electron chi connectivity index (χ3n) is 5.68. The molecule has 1 aliphatic rings. The van der Waals surface area contributed by atoms with E-state index in [4.69, 9.17) is 0 Å². The van der Waals surface area contributed by atoms with Crippen molar-refractivity contribution in [1.82, 2.24) is 24.6 Å². The van der Waals surface area contributed by atoms with Crippen LogP contribution in [0.5, 0.6) is 0 Å². The molecule has 1 saturated carbocycles. The third kappa shape index (κ3) is 3.49. The number of halogens is 2. The molecule has 32 heavy (non-hydrogen) atoms. The van der Waals surface area contributed by atoms with Gasteiger partial charge in [-0.05, 0) is 37.5 Å². The second-order valence-corrected chi connectivity index (χ2v) is 8.01. The SMILES string of the molecule is C=CCCc1cc(C)c(-c2cc3cnc(NC(=O)C4CC4(F)F)cc3n3ncnc23)cn1. The van der Waals surface area contributed by atoms with Gasteiger partial charge in [0.15, 0.2) is 5.65 Å². The van der Waals surface area contributed by atoms with E-state index in [-0.39, 0.29) is 5.82 Å². The Hall–Kier alpha value is -3.75. The molecule has 9 heteroatoms. The number of hydrogen-bond acceptors (Lipinski definition) is 5. The molecule has 1 N–H and O–H groups in total. The number of aryl methyl sites for hydroxylation is 2. The predicted molar refractivity (Wildman–Crippen MR) is 116 cm³/mol. The fraction of sp³-hybridized carbons (Fsp3) is 0.261. The lowest BCUT2D eigenvalue weighted by Crippen LogP contribution is -2.18. The maximum atomic E-state index is 13.2. The van der Waals surface area contributed by atoms with Crippen molar-refractivity contribution in [3.63, 3.8) is 0 Å². The van der Waals surface area contributed by atoms with Gasteiger partial charge < -0.3 is 5.32 Å². The summed E-state index contributed by atoms with van der Waals surface area (Å²) < 4.78 is 28.0. The van der Waals surface area contributed by atoms with Gasteiger partial charge in [-0.15, -0.1) is 6.58 Å². The number of aromatic nitrogens is 5. The van der Waals surface area contributed by atoms with Crippen molar-refractivity contribution < 1.29 is 13.6 Å². The Labute approximate surface area is 182 Å². The number of nitrogens with one attached hydrogen (secondary N) is 1.